The SMILES string of the molecule is C=C1c2ccccc2C(=O)N1CC(=O)OCC(=O)Nc1cccc(F)c1. The molecular weight excluding hydrogens is 339 g/mol. The maximum absolute atomic E-state index is 13.1. The number of carbonyl (C=O) groups excluding carboxylic acids is 3. The summed E-state index contributed by atoms with van der Waals surface area (Å²) in [6.07, 6.45) is 0. The molecule has 0 spiro atoms. The Balaban J connectivity index is 1.53. The summed E-state index contributed by atoms with van der Waals surface area (Å²) in [5.74, 6) is -2.20. The number of rotatable bonds is 5. The van der Waals surface area contributed by atoms with Gasteiger partial charge in [-0.3, -0.25) is 19.3 Å². The van der Waals surface area contributed by atoms with E-state index in [9.17, 15) is 18.8 Å². The zero-order valence-electron chi connectivity index (χ0n) is 13.7. The van der Waals surface area contributed by atoms with E-state index in [1.165, 1.54) is 23.1 Å². The molecule has 0 bridgehead atoms. The Morgan fingerprint density at radius 2 is 1.85 bits per heavy atom. The molecule has 26 heavy (non-hydrogen) atoms. The Hall–Kier alpha value is -3.48. The van der Waals surface area contributed by atoms with Crippen molar-refractivity contribution in [3.05, 3.63) is 72.1 Å². The summed E-state index contributed by atoms with van der Waals surface area (Å²) in [7, 11) is 0. The van der Waals surface area contributed by atoms with Crippen molar-refractivity contribution >= 4 is 29.2 Å². The van der Waals surface area contributed by atoms with Crippen LogP contribution in [0.15, 0.2) is 55.1 Å². The van der Waals surface area contributed by atoms with Crippen LogP contribution in [0, 0.1) is 5.82 Å². The van der Waals surface area contributed by atoms with Crippen LogP contribution in [0.2, 0.25) is 0 Å². The van der Waals surface area contributed by atoms with Gasteiger partial charge >= 0.3 is 5.97 Å². The summed E-state index contributed by atoms with van der Waals surface area (Å²) in [4.78, 5) is 37.2. The number of nitrogens with zero attached hydrogens (tertiary/aromatic N) is 1. The molecule has 0 aromatic heterocycles. The summed E-state index contributed by atoms with van der Waals surface area (Å²) >= 11 is 0. The van der Waals surface area contributed by atoms with E-state index in [0.29, 0.717) is 16.8 Å². The molecule has 0 radical (unpaired) electrons. The number of fused-ring (bicyclic) bond motifs is 1. The van der Waals surface area contributed by atoms with E-state index in [4.69, 9.17) is 4.74 Å². The lowest BCUT2D eigenvalue weighted by molar-refractivity contribution is -0.147. The minimum absolute atomic E-state index is 0.254. The van der Waals surface area contributed by atoms with Crippen LogP contribution in [0.4, 0.5) is 10.1 Å². The lowest BCUT2D eigenvalue weighted by Crippen LogP contribution is -2.32. The maximum Gasteiger partial charge on any atom is 0.326 e. The lowest BCUT2D eigenvalue weighted by Gasteiger charge is -2.16. The third-order valence-corrected chi connectivity index (χ3v) is 3.80. The van der Waals surface area contributed by atoms with Crippen molar-refractivity contribution in [2.45, 2.75) is 0 Å². The number of benzene rings is 2. The molecular formula is C19H15FN2O4. The normalized spacial score (nSPS) is 12.7. The summed E-state index contributed by atoms with van der Waals surface area (Å²) in [6.45, 7) is 2.93. The molecule has 2 aromatic rings. The molecule has 1 aliphatic heterocycles. The number of halogens is 1. The summed E-state index contributed by atoms with van der Waals surface area (Å²) in [5, 5.41) is 2.41. The zero-order chi connectivity index (χ0) is 18.7. The number of hydrogen-bond donors (Lipinski definition) is 1. The Morgan fingerprint density at radius 1 is 1.12 bits per heavy atom. The average Bonchev–Trinajstić information content (AvgIpc) is 2.85. The van der Waals surface area contributed by atoms with Gasteiger partial charge in [0.15, 0.2) is 6.61 Å². The molecule has 0 fully saturated rings. The number of carbonyl (C=O) groups is 3. The van der Waals surface area contributed by atoms with Crippen molar-refractivity contribution < 1.29 is 23.5 Å². The predicted octanol–water partition coefficient (Wildman–Crippen LogP) is 2.43. The van der Waals surface area contributed by atoms with Gasteiger partial charge in [0.2, 0.25) is 0 Å². The summed E-state index contributed by atoms with van der Waals surface area (Å²) in [5.41, 5.74) is 1.79. The van der Waals surface area contributed by atoms with Gasteiger partial charge in [-0.2, -0.15) is 0 Å². The van der Waals surface area contributed by atoms with Gasteiger partial charge in [0, 0.05) is 22.5 Å². The number of amides is 2. The van der Waals surface area contributed by atoms with Crippen LogP contribution in [0.25, 0.3) is 5.70 Å². The highest BCUT2D eigenvalue weighted by Gasteiger charge is 2.32. The molecule has 0 atom stereocenters. The van der Waals surface area contributed by atoms with Crippen molar-refractivity contribution in [1.29, 1.82) is 0 Å². The molecule has 1 aliphatic rings. The van der Waals surface area contributed by atoms with Crippen LogP contribution in [0.5, 0.6) is 0 Å². The fraction of sp³-hybridized carbons (Fsp3) is 0.105. The van der Waals surface area contributed by atoms with Gasteiger partial charge < -0.3 is 10.1 Å². The fourth-order valence-electron chi connectivity index (χ4n) is 2.59. The molecule has 2 amide bonds. The summed E-state index contributed by atoms with van der Waals surface area (Å²) in [6, 6.07) is 12.2. The van der Waals surface area contributed by atoms with Crippen LogP contribution in [0.3, 0.4) is 0 Å². The van der Waals surface area contributed by atoms with Crippen molar-refractivity contribution in [2.75, 3.05) is 18.5 Å². The fourth-order valence-corrected chi connectivity index (χ4v) is 2.59. The van der Waals surface area contributed by atoms with Gasteiger partial charge in [-0.25, -0.2) is 4.39 Å². The molecule has 1 heterocycles. The third-order valence-electron chi connectivity index (χ3n) is 3.80. The molecule has 0 unspecified atom stereocenters. The van der Waals surface area contributed by atoms with Gasteiger partial charge in [-0.05, 0) is 24.3 Å². The van der Waals surface area contributed by atoms with E-state index in [1.807, 2.05) is 0 Å². The first kappa shape index (κ1) is 17.3. The van der Waals surface area contributed by atoms with Gasteiger partial charge in [0.1, 0.15) is 12.4 Å². The highest BCUT2D eigenvalue weighted by atomic mass is 19.1. The van der Waals surface area contributed by atoms with Crippen LogP contribution >= 0.6 is 0 Å². The smallest absolute Gasteiger partial charge is 0.326 e. The number of esters is 1. The Morgan fingerprint density at radius 3 is 2.54 bits per heavy atom. The Bertz CT molecular complexity index is 875. The van der Waals surface area contributed by atoms with E-state index >= 15 is 0 Å². The molecule has 132 valence electrons. The van der Waals surface area contributed by atoms with Crippen molar-refractivity contribution in [3.63, 3.8) is 0 Å². The highest BCUT2D eigenvalue weighted by molar-refractivity contribution is 6.10. The standard InChI is InChI=1S/C19H15FN2O4/c1-12-15-7-2-3-8-16(15)19(25)22(12)10-18(24)26-11-17(23)21-14-6-4-5-13(20)9-14/h2-9H,1,10-11H2,(H,21,23). The van der Waals surface area contributed by atoms with Crippen LogP contribution in [-0.2, 0) is 14.3 Å². The van der Waals surface area contributed by atoms with E-state index in [2.05, 4.69) is 11.9 Å². The molecule has 6 nitrogen and oxygen atoms in total. The minimum Gasteiger partial charge on any atom is -0.454 e. The van der Waals surface area contributed by atoms with Crippen LogP contribution in [-0.4, -0.2) is 35.8 Å². The predicted molar refractivity (Wildman–Crippen MR) is 92.5 cm³/mol. The van der Waals surface area contributed by atoms with Crippen molar-refractivity contribution in [1.82, 2.24) is 4.90 Å². The molecule has 0 aliphatic carbocycles. The first-order valence-corrected chi connectivity index (χ1v) is 7.77. The van der Waals surface area contributed by atoms with Gasteiger partial charge in [-0.15, -0.1) is 0 Å². The minimum atomic E-state index is -0.748. The number of nitrogens with one attached hydrogen (secondary N) is 1. The number of ether oxygens (including phenoxy) is 1. The molecule has 0 saturated heterocycles. The lowest BCUT2D eigenvalue weighted by atomic mass is 10.1. The number of anilines is 1. The third kappa shape index (κ3) is 3.61. The molecule has 2 aromatic carbocycles. The molecule has 0 saturated carbocycles. The Kier molecular flexibility index (Phi) is 4.79. The second kappa shape index (κ2) is 7.18. The molecule has 1 N–H and O–H groups in total. The molecule has 3 rings (SSSR count). The highest BCUT2D eigenvalue weighted by Crippen LogP contribution is 2.30. The van der Waals surface area contributed by atoms with Gasteiger partial charge in [-0.1, -0.05) is 30.8 Å². The maximum atomic E-state index is 13.1. The monoisotopic (exact) mass is 354 g/mol. The van der Waals surface area contributed by atoms with E-state index in [-0.39, 0.29) is 18.1 Å². The van der Waals surface area contributed by atoms with Crippen LogP contribution in [0.1, 0.15) is 15.9 Å². The van der Waals surface area contributed by atoms with Crippen LogP contribution < -0.4 is 5.32 Å². The largest absolute Gasteiger partial charge is 0.454 e. The first-order valence-electron chi connectivity index (χ1n) is 7.77. The summed E-state index contributed by atoms with van der Waals surface area (Å²) < 4.78 is 17.9. The molecule has 7 heteroatoms. The average molecular weight is 354 g/mol. The van der Waals surface area contributed by atoms with E-state index in [0.717, 1.165) is 6.07 Å². The van der Waals surface area contributed by atoms with Gasteiger partial charge in [0.05, 0.1) is 0 Å². The van der Waals surface area contributed by atoms with Gasteiger partial charge in [0.25, 0.3) is 11.8 Å². The second-order valence-corrected chi connectivity index (χ2v) is 5.60. The zero-order valence-corrected chi connectivity index (χ0v) is 13.7. The number of hydrogen-bond acceptors (Lipinski definition) is 4. The quantitative estimate of drug-likeness (QED) is 0.837. The van der Waals surface area contributed by atoms with E-state index in [1.54, 1.807) is 24.3 Å². The van der Waals surface area contributed by atoms with E-state index < -0.39 is 24.3 Å². The van der Waals surface area contributed by atoms with Crippen molar-refractivity contribution in [3.8, 4) is 0 Å². The Labute approximate surface area is 148 Å². The first-order chi connectivity index (χ1) is 12.5. The topological polar surface area (TPSA) is 75.7 Å². The second-order valence-electron chi connectivity index (χ2n) is 5.60. The van der Waals surface area contributed by atoms with Crippen molar-refractivity contribution in [2.24, 2.45) is 0 Å².